The van der Waals surface area contributed by atoms with Crippen molar-refractivity contribution in [2.45, 2.75) is 12.5 Å². The summed E-state index contributed by atoms with van der Waals surface area (Å²) in [6, 6.07) is 10.8. The number of H-pyrrole nitrogens is 1. The van der Waals surface area contributed by atoms with Gasteiger partial charge in [0.1, 0.15) is 5.75 Å². The van der Waals surface area contributed by atoms with Crippen molar-refractivity contribution >= 4 is 17.2 Å². The maximum absolute atomic E-state index is 13.0. The molecule has 1 aliphatic rings. The zero-order chi connectivity index (χ0) is 18.1. The predicted octanol–water partition coefficient (Wildman–Crippen LogP) is 3.43. The first-order valence-corrected chi connectivity index (χ1v) is 9.29. The average Bonchev–Trinajstić information content (AvgIpc) is 3.35. The van der Waals surface area contributed by atoms with Crippen LogP contribution in [0, 0.1) is 0 Å². The van der Waals surface area contributed by atoms with Gasteiger partial charge in [0.2, 0.25) is 0 Å². The van der Waals surface area contributed by atoms with Gasteiger partial charge in [-0.3, -0.25) is 9.89 Å². The Hall–Kier alpha value is -2.64. The lowest BCUT2D eigenvalue weighted by Crippen LogP contribution is -2.31. The number of hydrogen-bond acceptors (Lipinski definition) is 5. The van der Waals surface area contributed by atoms with E-state index in [4.69, 9.17) is 4.74 Å². The van der Waals surface area contributed by atoms with E-state index in [1.165, 1.54) is 0 Å². The molecule has 0 spiro atoms. The van der Waals surface area contributed by atoms with Crippen molar-refractivity contribution in [3.63, 3.8) is 0 Å². The molecule has 0 fully saturated rings. The molecule has 0 aliphatic carbocycles. The summed E-state index contributed by atoms with van der Waals surface area (Å²) in [7, 11) is 1.66. The molecule has 0 radical (unpaired) electrons. The minimum atomic E-state index is -0.231. The van der Waals surface area contributed by atoms with E-state index < -0.39 is 0 Å². The summed E-state index contributed by atoms with van der Waals surface area (Å²) in [5, 5.41) is 19.0. The van der Waals surface area contributed by atoms with Gasteiger partial charge in [0.05, 0.1) is 16.6 Å². The molecule has 1 aliphatic heterocycles. The fourth-order valence-corrected chi connectivity index (χ4v) is 4.15. The normalized spacial score (nSPS) is 16.3. The van der Waals surface area contributed by atoms with Gasteiger partial charge < -0.3 is 14.7 Å². The Bertz CT molecular complexity index is 903. The number of aromatic hydroxyl groups is 1. The van der Waals surface area contributed by atoms with Gasteiger partial charge in [0.25, 0.3) is 5.91 Å². The number of thiophene rings is 1. The number of fused-ring (bicyclic) bond motifs is 1. The van der Waals surface area contributed by atoms with Gasteiger partial charge in [0, 0.05) is 25.8 Å². The number of aromatic nitrogens is 2. The third-order valence-electron chi connectivity index (χ3n) is 4.58. The molecule has 1 aromatic carbocycles. The Morgan fingerprint density at radius 3 is 2.81 bits per heavy atom. The quantitative estimate of drug-likeness (QED) is 0.653. The van der Waals surface area contributed by atoms with Crippen LogP contribution in [0.25, 0.3) is 10.6 Å². The topological polar surface area (TPSA) is 78.5 Å². The molecule has 0 saturated heterocycles. The monoisotopic (exact) mass is 369 g/mol. The maximum Gasteiger partial charge on any atom is 0.275 e. The Kier molecular flexibility index (Phi) is 4.48. The van der Waals surface area contributed by atoms with E-state index >= 15 is 0 Å². The van der Waals surface area contributed by atoms with Crippen LogP contribution in [0.1, 0.15) is 34.1 Å². The number of phenolic OH excluding ortho intramolecular Hbond substituents is 1. The summed E-state index contributed by atoms with van der Waals surface area (Å²) >= 11 is 1.61. The van der Waals surface area contributed by atoms with Crippen molar-refractivity contribution in [2.24, 2.45) is 0 Å². The van der Waals surface area contributed by atoms with Crippen molar-refractivity contribution in [1.29, 1.82) is 0 Å². The highest BCUT2D eigenvalue weighted by molar-refractivity contribution is 7.13. The number of aromatic amines is 1. The predicted molar refractivity (Wildman–Crippen MR) is 99.4 cm³/mol. The van der Waals surface area contributed by atoms with Gasteiger partial charge in [-0.2, -0.15) is 5.10 Å². The molecule has 1 atom stereocenters. The molecule has 1 unspecified atom stereocenters. The fourth-order valence-electron chi connectivity index (χ4n) is 3.41. The Labute approximate surface area is 155 Å². The minimum absolute atomic E-state index is 0.0757. The second kappa shape index (κ2) is 6.93. The van der Waals surface area contributed by atoms with Gasteiger partial charge >= 0.3 is 0 Å². The van der Waals surface area contributed by atoms with Crippen LogP contribution in [-0.2, 0) is 4.74 Å². The molecular formula is C19H19N3O3S. The Morgan fingerprint density at radius 2 is 2.12 bits per heavy atom. The first-order chi connectivity index (χ1) is 12.7. The van der Waals surface area contributed by atoms with Crippen LogP contribution in [0.4, 0.5) is 0 Å². The number of rotatable bonds is 6. The molecule has 1 amide bonds. The number of amides is 1. The molecule has 4 rings (SSSR count). The number of carbonyl (C=O) groups excluding carboxylic acids is 1. The van der Waals surface area contributed by atoms with E-state index in [0.717, 1.165) is 28.1 Å². The molecule has 2 N–H and O–H groups in total. The number of nitrogens with zero attached hydrogens (tertiary/aromatic N) is 2. The number of benzene rings is 1. The van der Waals surface area contributed by atoms with Crippen LogP contribution in [0.2, 0.25) is 0 Å². The SMILES string of the molecule is COCCCN1C(=O)c2n[nH]c(-c3cccs3)c2C1c1ccc(O)cc1. The summed E-state index contributed by atoms with van der Waals surface area (Å²) in [6.07, 6.45) is 0.749. The average molecular weight is 369 g/mol. The largest absolute Gasteiger partial charge is 0.508 e. The van der Waals surface area contributed by atoms with Gasteiger partial charge in [-0.25, -0.2) is 0 Å². The molecule has 134 valence electrons. The number of phenols is 1. The third-order valence-corrected chi connectivity index (χ3v) is 5.46. The summed E-state index contributed by atoms with van der Waals surface area (Å²) < 4.78 is 5.14. The molecular weight excluding hydrogens is 350 g/mol. The van der Waals surface area contributed by atoms with Crippen LogP contribution >= 0.6 is 11.3 Å². The number of nitrogens with one attached hydrogen (secondary N) is 1. The van der Waals surface area contributed by atoms with Crippen LogP contribution < -0.4 is 0 Å². The Morgan fingerprint density at radius 1 is 1.31 bits per heavy atom. The van der Waals surface area contributed by atoms with Crippen molar-refractivity contribution in [3.05, 3.63) is 58.6 Å². The van der Waals surface area contributed by atoms with Crippen molar-refractivity contribution in [1.82, 2.24) is 15.1 Å². The first kappa shape index (κ1) is 16.8. The molecule has 0 saturated carbocycles. The summed E-state index contributed by atoms with van der Waals surface area (Å²) in [4.78, 5) is 15.9. The van der Waals surface area contributed by atoms with Crippen LogP contribution in [0.3, 0.4) is 0 Å². The smallest absolute Gasteiger partial charge is 0.275 e. The van der Waals surface area contributed by atoms with Gasteiger partial charge in [0.15, 0.2) is 5.69 Å². The highest BCUT2D eigenvalue weighted by Gasteiger charge is 2.42. The van der Waals surface area contributed by atoms with E-state index in [-0.39, 0.29) is 17.7 Å². The highest BCUT2D eigenvalue weighted by atomic mass is 32.1. The van der Waals surface area contributed by atoms with E-state index in [1.807, 2.05) is 34.5 Å². The van der Waals surface area contributed by atoms with Crippen molar-refractivity contribution in [2.75, 3.05) is 20.3 Å². The second-order valence-electron chi connectivity index (χ2n) is 6.18. The third kappa shape index (κ3) is 2.79. The molecule has 3 heterocycles. The maximum atomic E-state index is 13.0. The van der Waals surface area contributed by atoms with Gasteiger partial charge in [-0.15, -0.1) is 11.3 Å². The second-order valence-corrected chi connectivity index (χ2v) is 7.12. The zero-order valence-electron chi connectivity index (χ0n) is 14.3. The zero-order valence-corrected chi connectivity index (χ0v) is 15.1. The van der Waals surface area contributed by atoms with Crippen LogP contribution in [0.5, 0.6) is 5.75 Å². The summed E-state index contributed by atoms with van der Waals surface area (Å²) in [5.41, 5.74) is 3.21. The summed E-state index contributed by atoms with van der Waals surface area (Å²) in [6.45, 7) is 1.17. The fraction of sp³-hybridized carbons (Fsp3) is 0.263. The molecule has 26 heavy (non-hydrogen) atoms. The van der Waals surface area contributed by atoms with E-state index in [2.05, 4.69) is 10.2 Å². The van der Waals surface area contributed by atoms with Crippen molar-refractivity contribution in [3.8, 4) is 16.3 Å². The lowest BCUT2D eigenvalue weighted by Gasteiger charge is -2.26. The first-order valence-electron chi connectivity index (χ1n) is 8.41. The van der Waals surface area contributed by atoms with E-state index in [9.17, 15) is 9.90 Å². The molecule has 3 aromatic rings. The minimum Gasteiger partial charge on any atom is -0.508 e. The van der Waals surface area contributed by atoms with E-state index in [0.29, 0.717) is 18.8 Å². The lowest BCUT2D eigenvalue weighted by atomic mass is 9.98. The van der Waals surface area contributed by atoms with Gasteiger partial charge in [-0.05, 0) is 35.6 Å². The summed E-state index contributed by atoms with van der Waals surface area (Å²) in [5.74, 6) is 0.128. The van der Waals surface area contributed by atoms with Crippen LogP contribution in [0.15, 0.2) is 41.8 Å². The van der Waals surface area contributed by atoms with Gasteiger partial charge in [-0.1, -0.05) is 18.2 Å². The molecule has 0 bridgehead atoms. The number of ether oxygens (including phenoxy) is 1. The van der Waals surface area contributed by atoms with Crippen molar-refractivity contribution < 1.29 is 14.6 Å². The van der Waals surface area contributed by atoms with Crippen LogP contribution in [-0.4, -0.2) is 46.4 Å². The molecule has 6 nitrogen and oxygen atoms in total. The Balaban J connectivity index is 1.80. The standard InChI is InChI=1S/C19H19N3O3S/c1-25-10-3-9-22-18(12-5-7-13(23)8-6-12)15-16(14-4-2-11-26-14)20-21-17(15)19(22)24/h2,4-8,11,18,23H,3,9-10H2,1H3,(H,20,21). The molecule has 2 aromatic heterocycles. The number of carbonyl (C=O) groups is 1. The molecule has 7 heteroatoms. The number of hydrogen-bond donors (Lipinski definition) is 2. The van der Waals surface area contributed by atoms with E-state index in [1.54, 1.807) is 30.6 Å². The highest BCUT2D eigenvalue weighted by Crippen LogP contribution is 2.43. The number of methoxy groups -OCH3 is 1. The lowest BCUT2D eigenvalue weighted by molar-refractivity contribution is 0.0723.